The molecule has 2 aromatic heterocycles. The van der Waals surface area contributed by atoms with E-state index < -0.39 is 0 Å². The summed E-state index contributed by atoms with van der Waals surface area (Å²) in [5.74, 6) is 6.04. The molecule has 0 radical (unpaired) electrons. The van der Waals surface area contributed by atoms with E-state index >= 15 is 0 Å². The highest BCUT2D eigenvalue weighted by Gasteiger charge is 1.89. The van der Waals surface area contributed by atoms with Crippen LogP contribution in [0.3, 0.4) is 0 Å². The molecule has 0 bridgehead atoms. The SMILES string of the molecule is Brc1ccc(C#Cc2ccsc2)nc1. The fraction of sp³-hybridized carbons (Fsp3) is 0. The Morgan fingerprint density at radius 1 is 1.21 bits per heavy atom. The molecule has 0 aromatic carbocycles. The zero-order valence-electron chi connectivity index (χ0n) is 7.20. The maximum absolute atomic E-state index is 4.16. The second-order valence-corrected chi connectivity index (χ2v) is 4.32. The fourth-order valence-corrected chi connectivity index (χ4v) is 1.74. The minimum Gasteiger partial charge on any atom is -0.247 e. The van der Waals surface area contributed by atoms with Crippen LogP contribution in [-0.2, 0) is 0 Å². The predicted octanol–water partition coefficient (Wildman–Crippen LogP) is 3.31. The molecule has 14 heavy (non-hydrogen) atoms. The summed E-state index contributed by atoms with van der Waals surface area (Å²) in [5.41, 5.74) is 1.83. The van der Waals surface area contributed by atoms with Crippen LogP contribution in [0.15, 0.2) is 39.6 Å². The third kappa shape index (κ3) is 2.44. The average Bonchev–Trinajstić information content (AvgIpc) is 2.70. The molecule has 0 aliphatic rings. The van der Waals surface area contributed by atoms with Gasteiger partial charge in [0.25, 0.3) is 0 Å². The van der Waals surface area contributed by atoms with Gasteiger partial charge in [0, 0.05) is 21.6 Å². The van der Waals surface area contributed by atoms with Crippen molar-refractivity contribution < 1.29 is 0 Å². The molecule has 1 nitrogen and oxygen atoms in total. The lowest BCUT2D eigenvalue weighted by Crippen LogP contribution is -1.79. The Hall–Kier alpha value is -1.11. The molecule has 2 aromatic rings. The molecule has 0 saturated carbocycles. The third-order valence-electron chi connectivity index (χ3n) is 1.58. The minimum absolute atomic E-state index is 0.791. The lowest BCUT2D eigenvalue weighted by Gasteiger charge is -1.88. The second kappa shape index (κ2) is 4.41. The van der Waals surface area contributed by atoms with Gasteiger partial charge in [0.2, 0.25) is 0 Å². The van der Waals surface area contributed by atoms with Gasteiger partial charge in [0.05, 0.1) is 0 Å². The van der Waals surface area contributed by atoms with Crippen LogP contribution in [-0.4, -0.2) is 4.98 Å². The Morgan fingerprint density at radius 3 is 2.79 bits per heavy atom. The van der Waals surface area contributed by atoms with Crippen molar-refractivity contribution >= 4 is 27.3 Å². The third-order valence-corrected chi connectivity index (χ3v) is 2.74. The van der Waals surface area contributed by atoms with Crippen molar-refractivity contribution in [1.82, 2.24) is 4.98 Å². The van der Waals surface area contributed by atoms with Crippen LogP contribution in [0.1, 0.15) is 11.3 Å². The Kier molecular flexibility index (Phi) is 2.97. The van der Waals surface area contributed by atoms with E-state index in [0.29, 0.717) is 0 Å². The van der Waals surface area contributed by atoms with Crippen LogP contribution >= 0.6 is 27.3 Å². The van der Waals surface area contributed by atoms with Crippen molar-refractivity contribution in [3.05, 3.63) is 50.9 Å². The fourth-order valence-electron chi connectivity index (χ4n) is 0.922. The smallest absolute Gasteiger partial charge is 0.113 e. The Morgan fingerprint density at radius 2 is 2.14 bits per heavy atom. The van der Waals surface area contributed by atoms with Crippen molar-refractivity contribution in [2.45, 2.75) is 0 Å². The van der Waals surface area contributed by atoms with E-state index in [1.807, 2.05) is 29.0 Å². The molecule has 0 saturated heterocycles. The molecule has 0 spiro atoms. The number of pyridine rings is 1. The molecule has 0 amide bonds. The van der Waals surface area contributed by atoms with Gasteiger partial charge in [0.1, 0.15) is 5.69 Å². The molecule has 0 N–H and O–H groups in total. The van der Waals surface area contributed by atoms with Crippen molar-refractivity contribution in [3.8, 4) is 11.8 Å². The van der Waals surface area contributed by atoms with Crippen LogP contribution in [0.4, 0.5) is 0 Å². The summed E-state index contributed by atoms with van der Waals surface area (Å²) in [6.45, 7) is 0. The van der Waals surface area contributed by atoms with Crippen molar-refractivity contribution in [3.63, 3.8) is 0 Å². The van der Waals surface area contributed by atoms with Crippen LogP contribution < -0.4 is 0 Å². The first kappa shape index (κ1) is 9.45. The number of hydrogen-bond donors (Lipinski definition) is 0. The van der Waals surface area contributed by atoms with Gasteiger partial charge >= 0.3 is 0 Å². The molecule has 68 valence electrons. The maximum Gasteiger partial charge on any atom is 0.113 e. The maximum atomic E-state index is 4.16. The van der Waals surface area contributed by atoms with E-state index in [1.165, 1.54) is 0 Å². The highest BCUT2D eigenvalue weighted by atomic mass is 79.9. The van der Waals surface area contributed by atoms with Crippen LogP contribution in [0, 0.1) is 11.8 Å². The van der Waals surface area contributed by atoms with Gasteiger partial charge in [-0.1, -0.05) is 5.92 Å². The zero-order chi connectivity index (χ0) is 9.80. The van der Waals surface area contributed by atoms with E-state index in [2.05, 4.69) is 32.8 Å². The minimum atomic E-state index is 0.791. The number of nitrogens with zero attached hydrogens (tertiary/aromatic N) is 1. The standard InChI is InChI=1S/C11H6BrNS/c12-10-2-4-11(13-7-10)3-1-9-5-6-14-8-9/h2,4-8H. The van der Waals surface area contributed by atoms with Gasteiger partial charge in [-0.05, 0) is 45.4 Å². The van der Waals surface area contributed by atoms with E-state index in [0.717, 1.165) is 15.7 Å². The van der Waals surface area contributed by atoms with E-state index in [9.17, 15) is 0 Å². The topological polar surface area (TPSA) is 12.9 Å². The molecule has 0 aliphatic carbocycles. The Balaban J connectivity index is 2.22. The molecular formula is C11H6BrNS. The first-order valence-corrected chi connectivity index (χ1v) is 5.74. The monoisotopic (exact) mass is 263 g/mol. The first-order valence-electron chi connectivity index (χ1n) is 4.00. The largest absolute Gasteiger partial charge is 0.247 e. The van der Waals surface area contributed by atoms with Crippen LogP contribution in [0.2, 0.25) is 0 Å². The quantitative estimate of drug-likeness (QED) is 0.665. The van der Waals surface area contributed by atoms with Crippen molar-refractivity contribution in [2.75, 3.05) is 0 Å². The molecule has 2 rings (SSSR count). The summed E-state index contributed by atoms with van der Waals surface area (Å²) in [7, 11) is 0. The van der Waals surface area contributed by atoms with E-state index in [-0.39, 0.29) is 0 Å². The van der Waals surface area contributed by atoms with Crippen molar-refractivity contribution in [2.24, 2.45) is 0 Å². The summed E-state index contributed by atoms with van der Waals surface area (Å²) in [6, 6.07) is 5.82. The first-order chi connectivity index (χ1) is 6.84. The van der Waals surface area contributed by atoms with Gasteiger partial charge in [0.15, 0.2) is 0 Å². The Labute approximate surface area is 94.9 Å². The normalized spacial score (nSPS) is 9.21. The molecule has 0 atom stereocenters. The zero-order valence-corrected chi connectivity index (χ0v) is 9.60. The predicted molar refractivity (Wildman–Crippen MR) is 62.2 cm³/mol. The Bertz CT molecular complexity index is 462. The van der Waals surface area contributed by atoms with Crippen LogP contribution in [0.5, 0.6) is 0 Å². The average molecular weight is 264 g/mol. The highest BCUT2D eigenvalue weighted by molar-refractivity contribution is 9.10. The lowest BCUT2D eigenvalue weighted by molar-refractivity contribution is 1.27. The molecule has 0 aliphatic heterocycles. The molecular weight excluding hydrogens is 258 g/mol. The molecule has 3 heteroatoms. The molecule has 0 fully saturated rings. The summed E-state index contributed by atoms with van der Waals surface area (Å²) in [6.07, 6.45) is 1.75. The van der Waals surface area contributed by atoms with Gasteiger partial charge in [-0.2, -0.15) is 11.3 Å². The number of halogens is 1. The number of rotatable bonds is 0. The summed E-state index contributed by atoms with van der Waals surface area (Å²) in [4.78, 5) is 4.16. The lowest BCUT2D eigenvalue weighted by atomic mass is 10.3. The summed E-state index contributed by atoms with van der Waals surface area (Å²) in [5, 5.41) is 4.03. The van der Waals surface area contributed by atoms with Crippen LogP contribution in [0.25, 0.3) is 0 Å². The van der Waals surface area contributed by atoms with Gasteiger partial charge in [-0.15, -0.1) is 0 Å². The van der Waals surface area contributed by atoms with Gasteiger partial charge in [-0.3, -0.25) is 0 Å². The molecule has 2 heterocycles. The number of thiophene rings is 1. The molecule has 0 unspecified atom stereocenters. The second-order valence-electron chi connectivity index (χ2n) is 2.62. The van der Waals surface area contributed by atoms with Gasteiger partial charge < -0.3 is 0 Å². The summed E-state index contributed by atoms with van der Waals surface area (Å²) >= 11 is 4.97. The summed E-state index contributed by atoms with van der Waals surface area (Å²) < 4.78 is 0.971. The van der Waals surface area contributed by atoms with E-state index in [1.54, 1.807) is 17.5 Å². The van der Waals surface area contributed by atoms with Crippen molar-refractivity contribution in [1.29, 1.82) is 0 Å². The van der Waals surface area contributed by atoms with E-state index in [4.69, 9.17) is 0 Å². The highest BCUT2D eigenvalue weighted by Crippen LogP contribution is 2.07. The number of aromatic nitrogens is 1. The number of hydrogen-bond acceptors (Lipinski definition) is 2. The van der Waals surface area contributed by atoms with Gasteiger partial charge in [-0.25, -0.2) is 4.98 Å².